The van der Waals surface area contributed by atoms with Gasteiger partial charge in [-0.3, -0.25) is 19.7 Å². The molecule has 1 atom stereocenters. The lowest BCUT2D eigenvalue weighted by atomic mass is 10.1. The van der Waals surface area contributed by atoms with Crippen LogP contribution in [-0.4, -0.2) is 35.2 Å². The summed E-state index contributed by atoms with van der Waals surface area (Å²) in [6.45, 7) is 2.04. The van der Waals surface area contributed by atoms with Gasteiger partial charge in [-0.05, 0) is 23.9 Å². The molecule has 0 aliphatic rings. The summed E-state index contributed by atoms with van der Waals surface area (Å²) >= 11 is 1.43. The Labute approximate surface area is 149 Å². The van der Waals surface area contributed by atoms with Crippen LogP contribution in [0.5, 0.6) is 0 Å². The number of carbonyl (C=O) groups excluding carboxylic acids is 2. The van der Waals surface area contributed by atoms with Gasteiger partial charge in [-0.15, -0.1) is 0 Å². The van der Waals surface area contributed by atoms with Crippen molar-refractivity contribution in [2.75, 3.05) is 13.6 Å². The molecule has 7 nitrogen and oxygen atoms in total. The highest BCUT2D eigenvalue weighted by Crippen LogP contribution is 2.23. The highest BCUT2D eigenvalue weighted by molar-refractivity contribution is 7.08. The van der Waals surface area contributed by atoms with E-state index in [0.29, 0.717) is 11.1 Å². The van der Waals surface area contributed by atoms with Crippen molar-refractivity contribution in [3.8, 4) is 0 Å². The van der Waals surface area contributed by atoms with Crippen LogP contribution < -0.4 is 5.32 Å². The zero-order chi connectivity index (χ0) is 18.4. The van der Waals surface area contributed by atoms with E-state index in [0.717, 1.165) is 0 Å². The molecule has 0 aliphatic carbocycles. The standard InChI is InChI=1S/C17H19N3O4S/c1-12(13-4-3-5-15(10-13)20(23)24)19(2)16(21)6-8-18-17(22)14-7-9-25-11-14/h3-5,7,9-12H,6,8H2,1-2H3,(H,18,22)/t12-/m0/s1. The number of hydrogen-bond acceptors (Lipinski definition) is 5. The van der Waals surface area contributed by atoms with E-state index in [2.05, 4.69) is 5.32 Å². The number of nitro benzene ring substituents is 1. The summed E-state index contributed by atoms with van der Waals surface area (Å²) in [5.41, 5.74) is 1.26. The third-order valence-electron chi connectivity index (χ3n) is 3.95. The van der Waals surface area contributed by atoms with Crippen molar-refractivity contribution in [3.05, 3.63) is 62.3 Å². The zero-order valence-corrected chi connectivity index (χ0v) is 14.8. The summed E-state index contributed by atoms with van der Waals surface area (Å²) in [7, 11) is 1.65. The fourth-order valence-corrected chi connectivity index (χ4v) is 2.93. The molecule has 0 saturated heterocycles. The van der Waals surface area contributed by atoms with Gasteiger partial charge < -0.3 is 10.2 Å². The lowest BCUT2D eigenvalue weighted by molar-refractivity contribution is -0.384. The number of carbonyl (C=O) groups is 2. The lowest BCUT2D eigenvalue weighted by Crippen LogP contribution is -2.33. The largest absolute Gasteiger partial charge is 0.351 e. The van der Waals surface area contributed by atoms with E-state index in [-0.39, 0.29) is 36.5 Å². The van der Waals surface area contributed by atoms with Crippen LogP contribution in [0.3, 0.4) is 0 Å². The van der Waals surface area contributed by atoms with Crippen molar-refractivity contribution < 1.29 is 14.5 Å². The average molecular weight is 361 g/mol. The first-order valence-corrected chi connectivity index (χ1v) is 8.65. The first-order chi connectivity index (χ1) is 11.9. The summed E-state index contributed by atoms with van der Waals surface area (Å²) in [5.74, 6) is -0.354. The highest BCUT2D eigenvalue weighted by Gasteiger charge is 2.19. The van der Waals surface area contributed by atoms with Gasteiger partial charge in [0.2, 0.25) is 5.91 Å². The number of hydrogen-bond donors (Lipinski definition) is 1. The molecule has 2 aromatic rings. The fourth-order valence-electron chi connectivity index (χ4n) is 2.29. The average Bonchev–Trinajstić information content (AvgIpc) is 3.15. The van der Waals surface area contributed by atoms with Crippen LogP contribution in [0.1, 0.15) is 35.3 Å². The van der Waals surface area contributed by atoms with Crippen molar-refractivity contribution in [2.45, 2.75) is 19.4 Å². The number of nitro groups is 1. The van der Waals surface area contributed by atoms with Crippen LogP contribution in [0.4, 0.5) is 5.69 Å². The molecule has 8 heteroatoms. The maximum atomic E-state index is 12.3. The first kappa shape index (κ1) is 18.6. The van der Waals surface area contributed by atoms with Crippen molar-refractivity contribution in [3.63, 3.8) is 0 Å². The van der Waals surface area contributed by atoms with Gasteiger partial charge >= 0.3 is 0 Å². The van der Waals surface area contributed by atoms with Crippen LogP contribution in [0.15, 0.2) is 41.1 Å². The molecule has 0 spiro atoms. The molecular weight excluding hydrogens is 342 g/mol. The summed E-state index contributed by atoms with van der Waals surface area (Å²) in [5, 5.41) is 17.1. The smallest absolute Gasteiger partial charge is 0.269 e. The van der Waals surface area contributed by atoms with E-state index >= 15 is 0 Å². The molecule has 132 valence electrons. The number of nitrogens with one attached hydrogen (secondary N) is 1. The summed E-state index contributed by atoms with van der Waals surface area (Å²) in [6.07, 6.45) is 0.158. The molecule has 0 radical (unpaired) electrons. The topological polar surface area (TPSA) is 92.6 Å². The van der Waals surface area contributed by atoms with E-state index in [1.165, 1.54) is 28.4 Å². The molecule has 25 heavy (non-hydrogen) atoms. The molecule has 1 heterocycles. The summed E-state index contributed by atoms with van der Waals surface area (Å²) in [6, 6.07) is 7.65. The molecule has 1 aromatic carbocycles. The molecule has 2 amide bonds. The van der Waals surface area contributed by atoms with Gasteiger partial charge in [0.05, 0.1) is 11.0 Å². The van der Waals surface area contributed by atoms with Gasteiger partial charge in [-0.1, -0.05) is 12.1 Å². The van der Waals surface area contributed by atoms with E-state index in [1.54, 1.807) is 37.6 Å². The van der Waals surface area contributed by atoms with E-state index in [1.807, 2.05) is 5.38 Å². The van der Waals surface area contributed by atoms with Crippen LogP contribution in [0.2, 0.25) is 0 Å². The summed E-state index contributed by atoms with van der Waals surface area (Å²) < 4.78 is 0. The third-order valence-corrected chi connectivity index (χ3v) is 4.63. The Morgan fingerprint density at radius 2 is 2.12 bits per heavy atom. The Morgan fingerprint density at radius 3 is 2.76 bits per heavy atom. The van der Waals surface area contributed by atoms with Gasteiger partial charge in [0.1, 0.15) is 0 Å². The number of amides is 2. The minimum Gasteiger partial charge on any atom is -0.351 e. The number of rotatable bonds is 7. The van der Waals surface area contributed by atoms with Crippen LogP contribution in [0.25, 0.3) is 0 Å². The number of nitrogens with zero attached hydrogens (tertiary/aromatic N) is 2. The van der Waals surface area contributed by atoms with Crippen LogP contribution >= 0.6 is 11.3 Å². The maximum absolute atomic E-state index is 12.3. The van der Waals surface area contributed by atoms with Crippen molar-refractivity contribution in [1.82, 2.24) is 10.2 Å². The molecule has 0 aliphatic heterocycles. The molecule has 2 rings (SSSR count). The fraction of sp³-hybridized carbons (Fsp3) is 0.294. The normalized spacial score (nSPS) is 11.6. The molecule has 0 bridgehead atoms. The van der Waals surface area contributed by atoms with E-state index in [9.17, 15) is 19.7 Å². The quantitative estimate of drug-likeness (QED) is 0.606. The Kier molecular flexibility index (Phi) is 6.24. The van der Waals surface area contributed by atoms with Crippen molar-refractivity contribution in [2.24, 2.45) is 0 Å². The van der Waals surface area contributed by atoms with Gasteiger partial charge in [0.15, 0.2) is 0 Å². The Morgan fingerprint density at radius 1 is 1.36 bits per heavy atom. The molecule has 0 fully saturated rings. The number of thiophene rings is 1. The first-order valence-electron chi connectivity index (χ1n) is 7.70. The second kappa shape index (κ2) is 8.39. The molecule has 1 aromatic heterocycles. The predicted octanol–water partition coefficient (Wildman–Crippen LogP) is 3.00. The van der Waals surface area contributed by atoms with E-state index in [4.69, 9.17) is 0 Å². The van der Waals surface area contributed by atoms with Gasteiger partial charge in [-0.2, -0.15) is 11.3 Å². The summed E-state index contributed by atoms with van der Waals surface area (Å²) in [4.78, 5) is 36.0. The second-order valence-electron chi connectivity index (χ2n) is 5.55. The Bertz CT molecular complexity index is 761. The second-order valence-corrected chi connectivity index (χ2v) is 6.33. The van der Waals surface area contributed by atoms with Gasteiger partial charge in [0.25, 0.3) is 11.6 Å². The van der Waals surface area contributed by atoms with Crippen LogP contribution in [-0.2, 0) is 4.79 Å². The maximum Gasteiger partial charge on any atom is 0.269 e. The van der Waals surface area contributed by atoms with Gasteiger partial charge in [0, 0.05) is 43.1 Å². The van der Waals surface area contributed by atoms with E-state index < -0.39 is 4.92 Å². The molecule has 1 N–H and O–H groups in total. The monoisotopic (exact) mass is 361 g/mol. The Hall–Kier alpha value is -2.74. The SMILES string of the molecule is C[C@@H](c1cccc([N+](=O)[O-])c1)N(C)C(=O)CCNC(=O)c1ccsc1. The number of non-ortho nitro benzene ring substituents is 1. The molecule has 0 unspecified atom stereocenters. The van der Waals surface area contributed by atoms with Crippen molar-refractivity contribution >= 4 is 28.8 Å². The van der Waals surface area contributed by atoms with Gasteiger partial charge in [-0.25, -0.2) is 0 Å². The predicted molar refractivity (Wildman–Crippen MR) is 95.6 cm³/mol. The van der Waals surface area contributed by atoms with Crippen molar-refractivity contribution in [1.29, 1.82) is 0 Å². The third kappa shape index (κ3) is 4.87. The minimum absolute atomic E-state index is 0.00627. The zero-order valence-electron chi connectivity index (χ0n) is 14.0. The number of benzene rings is 1. The highest BCUT2D eigenvalue weighted by atomic mass is 32.1. The molecule has 0 saturated carbocycles. The van der Waals surface area contributed by atoms with Crippen LogP contribution in [0, 0.1) is 10.1 Å². The minimum atomic E-state index is -0.460. The molecular formula is C17H19N3O4S. The lowest BCUT2D eigenvalue weighted by Gasteiger charge is -2.25. The Balaban J connectivity index is 1.89.